The van der Waals surface area contributed by atoms with Gasteiger partial charge in [-0.2, -0.15) is 0 Å². The highest BCUT2D eigenvalue weighted by molar-refractivity contribution is 14.1. The number of carbonyl (C=O) groups is 1. The molecule has 0 aliphatic heterocycles. The second kappa shape index (κ2) is 3.25. The normalized spacial score (nSPS) is 15.0. The first-order chi connectivity index (χ1) is 5.70. The van der Waals surface area contributed by atoms with Crippen molar-refractivity contribution in [1.82, 2.24) is 0 Å². The summed E-state index contributed by atoms with van der Waals surface area (Å²) in [6, 6.07) is 4.16. The lowest BCUT2D eigenvalue weighted by Gasteiger charge is -2.02. The molecule has 0 radical (unpaired) electrons. The number of benzene rings is 1. The monoisotopic (exact) mass is 384 g/mol. The van der Waals surface area contributed by atoms with Gasteiger partial charge >= 0.3 is 0 Å². The molecule has 0 atom stereocenters. The third-order valence-corrected chi connectivity index (χ3v) is 5.13. The van der Waals surface area contributed by atoms with Gasteiger partial charge in [0.15, 0.2) is 5.78 Å². The van der Waals surface area contributed by atoms with E-state index in [0.29, 0.717) is 12.2 Å². The Hall–Kier alpha value is 0.350. The SMILES string of the molecule is O=C1CCc2ccc(I)c(I)c21. The van der Waals surface area contributed by atoms with Crippen molar-refractivity contribution < 1.29 is 4.79 Å². The van der Waals surface area contributed by atoms with Crippen molar-refractivity contribution in [3.05, 3.63) is 30.4 Å². The Morgan fingerprint density at radius 1 is 1.17 bits per heavy atom. The van der Waals surface area contributed by atoms with E-state index in [1.807, 2.05) is 0 Å². The van der Waals surface area contributed by atoms with Gasteiger partial charge in [-0.3, -0.25) is 4.79 Å². The van der Waals surface area contributed by atoms with Crippen LogP contribution < -0.4 is 0 Å². The highest BCUT2D eigenvalue weighted by atomic mass is 127. The van der Waals surface area contributed by atoms with Crippen LogP contribution in [0, 0.1) is 7.14 Å². The minimum Gasteiger partial charge on any atom is -0.294 e. The van der Waals surface area contributed by atoms with E-state index >= 15 is 0 Å². The van der Waals surface area contributed by atoms with Crippen LogP contribution in [-0.2, 0) is 6.42 Å². The van der Waals surface area contributed by atoms with E-state index in [-0.39, 0.29) is 0 Å². The maximum atomic E-state index is 11.4. The average molecular weight is 384 g/mol. The molecule has 1 aromatic carbocycles. The number of rotatable bonds is 0. The Kier molecular flexibility index (Phi) is 2.42. The van der Waals surface area contributed by atoms with Crippen LogP contribution in [0.1, 0.15) is 22.3 Å². The van der Waals surface area contributed by atoms with Gasteiger partial charge in [0.05, 0.1) is 0 Å². The van der Waals surface area contributed by atoms with Crippen molar-refractivity contribution in [2.75, 3.05) is 0 Å². The second-order valence-corrected chi connectivity index (χ2v) is 5.06. The standard InChI is InChI=1S/C9H6I2O/c10-6-3-1-5-2-4-7(12)8(5)9(6)11/h1,3H,2,4H2. The van der Waals surface area contributed by atoms with Crippen molar-refractivity contribution in [2.45, 2.75) is 12.8 Å². The first-order valence-corrected chi connectivity index (χ1v) is 5.86. The fourth-order valence-corrected chi connectivity index (χ4v) is 2.75. The minimum atomic E-state index is 0.313. The smallest absolute Gasteiger partial charge is 0.164 e. The number of ketones is 1. The quantitative estimate of drug-likeness (QED) is 0.629. The Balaban J connectivity index is 2.71. The van der Waals surface area contributed by atoms with Gasteiger partial charge in [-0.05, 0) is 63.2 Å². The second-order valence-electron chi connectivity index (χ2n) is 2.82. The third-order valence-electron chi connectivity index (χ3n) is 2.08. The molecule has 1 aliphatic rings. The van der Waals surface area contributed by atoms with Gasteiger partial charge in [0.2, 0.25) is 0 Å². The summed E-state index contributed by atoms with van der Waals surface area (Å²) in [6.45, 7) is 0. The van der Waals surface area contributed by atoms with Gasteiger partial charge in [0, 0.05) is 19.1 Å². The number of fused-ring (bicyclic) bond motifs is 1. The molecule has 0 aromatic heterocycles. The topological polar surface area (TPSA) is 17.1 Å². The van der Waals surface area contributed by atoms with Crippen molar-refractivity contribution >= 4 is 51.0 Å². The lowest BCUT2D eigenvalue weighted by Crippen LogP contribution is -1.97. The van der Waals surface area contributed by atoms with Crippen LogP contribution >= 0.6 is 45.2 Å². The lowest BCUT2D eigenvalue weighted by atomic mass is 10.1. The summed E-state index contributed by atoms with van der Waals surface area (Å²) in [7, 11) is 0. The summed E-state index contributed by atoms with van der Waals surface area (Å²) in [5, 5.41) is 0. The molecule has 0 unspecified atom stereocenters. The van der Waals surface area contributed by atoms with Crippen LogP contribution in [0.3, 0.4) is 0 Å². The fourth-order valence-electron chi connectivity index (χ4n) is 1.47. The summed E-state index contributed by atoms with van der Waals surface area (Å²) < 4.78 is 2.32. The van der Waals surface area contributed by atoms with Crippen LogP contribution in [0.4, 0.5) is 0 Å². The van der Waals surface area contributed by atoms with Gasteiger partial charge in [-0.25, -0.2) is 0 Å². The molecule has 12 heavy (non-hydrogen) atoms. The molecule has 0 spiro atoms. The Bertz CT molecular complexity index is 358. The van der Waals surface area contributed by atoms with E-state index in [0.717, 1.165) is 15.6 Å². The number of aryl methyl sites for hydroxylation is 1. The van der Waals surface area contributed by atoms with Crippen molar-refractivity contribution in [3.63, 3.8) is 0 Å². The number of halogens is 2. The maximum Gasteiger partial charge on any atom is 0.164 e. The molecule has 1 aliphatic carbocycles. The largest absolute Gasteiger partial charge is 0.294 e. The van der Waals surface area contributed by atoms with E-state index in [2.05, 4.69) is 57.3 Å². The first kappa shape index (κ1) is 8.93. The van der Waals surface area contributed by atoms with Gasteiger partial charge < -0.3 is 0 Å². The summed E-state index contributed by atoms with van der Waals surface area (Å²) in [6.07, 6.45) is 1.63. The van der Waals surface area contributed by atoms with Crippen molar-refractivity contribution in [3.8, 4) is 0 Å². The van der Waals surface area contributed by atoms with E-state index in [1.54, 1.807) is 0 Å². The molecular weight excluding hydrogens is 378 g/mol. The zero-order valence-corrected chi connectivity index (χ0v) is 10.5. The maximum absolute atomic E-state index is 11.4. The number of carbonyl (C=O) groups excluding carboxylic acids is 1. The molecule has 62 valence electrons. The van der Waals surface area contributed by atoms with E-state index in [9.17, 15) is 4.79 Å². The molecule has 3 heteroatoms. The van der Waals surface area contributed by atoms with Crippen molar-refractivity contribution in [2.24, 2.45) is 0 Å². The fraction of sp³-hybridized carbons (Fsp3) is 0.222. The zero-order chi connectivity index (χ0) is 8.72. The van der Waals surface area contributed by atoms with E-state index in [1.165, 1.54) is 9.13 Å². The highest BCUT2D eigenvalue weighted by Crippen LogP contribution is 2.29. The highest BCUT2D eigenvalue weighted by Gasteiger charge is 2.22. The van der Waals surface area contributed by atoms with Crippen LogP contribution in [-0.4, -0.2) is 5.78 Å². The van der Waals surface area contributed by atoms with Crippen LogP contribution in [0.15, 0.2) is 12.1 Å². The third kappa shape index (κ3) is 1.30. The first-order valence-electron chi connectivity index (χ1n) is 3.70. The molecule has 1 aromatic rings. The summed E-state index contributed by atoms with van der Waals surface area (Å²) >= 11 is 4.53. The van der Waals surface area contributed by atoms with Crippen LogP contribution in [0.5, 0.6) is 0 Å². The molecule has 0 N–H and O–H groups in total. The predicted molar refractivity (Wildman–Crippen MR) is 64.5 cm³/mol. The molecule has 0 bridgehead atoms. The molecule has 0 saturated carbocycles. The molecule has 0 amide bonds. The number of Topliss-reactive ketones (excluding diaryl/α,β-unsaturated/α-hetero) is 1. The lowest BCUT2D eigenvalue weighted by molar-refractivity contribution is 0.0994. The minimum absolute atomic E-state index is 0.313. The van der Waals surface area contributed by atoms with Crippen LogP contribution in [0.2, 0.25) is 0 Å². The van der Waals surface area contributed by atoms with Gasteiger partial charge in [-0.15, -0.1) is 0 Å². The zero-order valence-electron chi connectivity index (χ0n) is 6.23. The average Bonchev–Trinajstić information content (AvgIpc) is 2.41. The van der Waals surface area contributed by atoms with Crippen LogP contribution in [0.25, 0.3) is 0 Å². The van der Waals surface area contributed by atoms with Gasteiger partial charge in [0.25, 0.3) is 0 Å². The van der Waals surface area contributed by atoms with Gasteiger partial charge in [0.1, 0.15) is 0 Å². The molecule has 0 saturated heterocycles. The van der Waals surface area contributed by atoms with E-state index in [4.69, 9.17) is 0 Å². The molecule has 0 fully saturated rings. The Labute approximate surface area is 98.2 Å². The summed E-state index contributed by atoms with van der Waals surface area (Å²) in [5.74, 6) is 0.313. The summed E-state index contributed by atoms with van der Waals surface area (Å²) in [5.41, 5.74) is 2.20. The molecule has 2 rings (SSSR count). The predicted octanol–water partition coefficient (Wildman–Crippen LogP) is 3.02. The number of hydrogen-bond donors (Lipinski definition) is 0. The Morgan fingerprint density at radius 2 is 1.92 bits per heavy atom. The molecule has 0 heterocycles. The summed E-state index contributed by atoms with van der Waals surface area (Å²) in [4.78, 5) is 11.4. The van der Waals surface area contributed by atoms with E-state index < -0.39 is 0 Å². The molecule has 1 nitrogen and oxygen atoms in total. The van der Waals surface area contributed by atoms with Crippen molar-refractivity contribution in [1.29, 1.82) is 0 Å². The molecular formula is C9H6I2O. The number of hydrogen-bond acceptors (Lipinski definition) is 1. The Morgan fingerprint density at radius 3 is 2.67 bits per heavy atom. The van der Waals surface area contributed by atoms with Gasteiger partial charge in [-0.1, -0.05) is 6.07 Å².